The van der Waals surface area contributed by atoms with Gasteiger partial charge >= 0.3 is 0 Å². The van der Waals surface area contributed by atoms with Crippen LogP contribution < -0.4 is 14.8 Å². The number of likely N-dealkylation sites (N-methyl/N-ethyl adjacent to an activating group) is 1. The minimum atomic E-state index is 0.0630. The highest BCUT2D eigenvalue weighted by atomic mass is 35.5. The number of ether oxygens (including phenoxy) is 2. The molecule has 1 saturated heterocycles. The number of rotatable bonds is 9. The van der Waals surface area contributed by atoms with Crippen LogP contribution in [0.1, 0.15) is 46.1 Å². The van der Waals surface area contributed by atoms with Gasteiger partial charge in [-0.15, -0.1) is 0 Å². The molecule has 0 aliphatic carbocycles. The molecular weight excluding hydrogens is 324 g/mol. The van der Waals surface area contributed by atoms with Gasteiger partial charge in [0.1, 0.15) is 0 Å². The summed E-state index contributed by atoms with van der Waals surface area (Å²) >= 11 is 6.43. The largest absolute Gasteiger partial charge is 0.490 e. The van der Waals surface area contributed by atoms with E-state index in [0.717, 1.165) is 30.9 Å². The Morgan fingerprint density at radius 1 is 1.33 bits per heavy atom. The topological polar surface area (TPSA) is 33.7 Å². The van der Waals surface area contributed by atoms with Crippen molar-refractivity contribution in [2.75, 3.05) is 26.2 Å². The zero-order valence-electron chi connectivity index (χ0n) is 15.4. The number of halogens is 1. The Kier molecular flexibility index (Phi) is 7.66. The molecule has 0 saturated carbocycles. The molecule has 0 unspecified atom stereocenters. The van der Waals surface area contributed by atoms with Gasteiger partial charge in [-0.05, 0) is 64.4 Å². The molecule has 0 spiro atoms. The summed E-state index contributed by atoms with van der Waals surface area (Å²) in [5.74, 6) is 1.37. The van der Waals surface area contributed by atoms with Crippen LogP contribution in [0.4, 0.5) is 0 Å². The summed E-state index contributed by atoms with van der Waals surface area (Å²) in [5.41, 5.74) is 1.13. The van der Waals surface area contributed by atoms with Crippen molar-refractivity contribution < 1.29 is 9.47 Å². The first-order valence-electron chi connectivity index (χ1n) is 9.11. The molecule has 0 aromatic heterocycles. The number of nitrogens with one attached hydrogen (secondary N) is 1. The van der Waals surface area contributed by atoms with Crippen molar-refractivity contribution in [3.8, 4) is 11.5 Å². The molecule has 24 heavy (non-hydrogen) atoms. The summed E-state index contributed by atoms with van der Waals surface area (Å²) in [4.78, 5) is 2.55. The Morgan fingerprint density at radius 2 is 2.12 bits per heavy atom. The van der Waals surface area contributed by atoms with Gasteiger partial charge in [-0.1, -0.05) is 18.5 Å². The standard InChI is InChI=1S/C19H31ClN2O2/c1-5-22-9-7-8-16(22)13-21-12-15-10-17(20)19(24-14(3)4)18(11-15)23-6-2/h10-11,14,16,21H,5-9,12-13H2,1-4H3/t16-/m1/s1. The minimum absolute atomic E-state index is 0.0630. The fraction of sp³-hybridized carbons (Fsp3) is 0.684. The first-order valence-corrected chi connectivity index (χ1v) is 9.49. The van der Waals surface area contributed by atoms with Crippen LogP contribution in [0.15, 0.2) is 12.1 Å². The molecule has 1 atom stereocenters. The van der Waals surface area contributed by atoms with E-state index in [1.54, 1.807) is 0 Å². The summed E-state index contributed by atoms with van der Waals surface area (Å²) < 4.78 is 11.5. The van der Waals surface area contributed by atoms with Crippen LogP contribution >= 0.6 is 11.6 Å². The summed E-state index contributed by atoms with van der Waals surface area (Å²) in [6, 6.07) is 4.66. The number of hydrogen-bond donors (Lipinski definition) is 1. The monoisotopic (exact) mass is 354 g/mol. The van der Waals surface area contributed by atoms with Crippen molar-refractivity contribution in [3.63, 3.8) is 0 Å². The zero-order valence-corrected chi connectivity index (χ0v) is 16.2. The second-order valence-electron chi connectivity index (χ2n) is 6.56. The number of likely N-dealkylation sites (tertiary alicyclic amines) is 1. The molecule has 4 nitrogen and oxygen atoms in total. The van der Waals surface area contributed by atoms with Gasteiger partial charge in [0, 0.05) is 19.1 Å². The lowest BCUT2D eigenvalue weighted by molar-refractivity contribution is 0.224. The highest BCUT2D eigenvalue weighted by Gasteiger charge is 2.22. The Labute approximate surface area is 151 Å². The van der Waals surface area contributed by atoms with Crippen LogP contribution in [-0.4, -0.2) is 43.3 Å². The van der Waals surface area contributed by atoms with E-state index in [1.165, 1.54) is 19.4 Å². The molecule has 2 rings (SSSR count). The molecule has 1 aliphatic rings. The predicted molar refractivity (Wildman–Crippen MR) is 100 cm³/mol. The van der Waals surface area contributed by atoms with Gasteiger partial charge in [0.15, 0.2) is 11.5 Å². The highest BCUT2D eigenvalue weighted by molar-refractivity contribution is 6.32. The van der Waals surface area contributed by atoms with Gasteiger partial charge < -0.3 is 14.8 Å². The predicted octanol–water partition coefficient (Wildman–Crippen LogP) is 4.10. The van der Waals surface area contributed by atoms with E-state index in [1.807, 2.05) is 32.9 Å². The number of hydrogen-bond acceptors (Lipinski definition) is 4. The number of benzene rings is 1. The molecule has 0 radical (unpaired) electrons. The lowest BCUT2D eigenvalue weighted by Gasteiger charge is -2.23. The average molecular weight is 355 g/mol. The molecular formula is C19H31ClN2O2. The van der Waals surface area contributed by atoms with E-state index in [9.17, 15) is 0 Å². The minimum Gasteiger partial charge on any atom is -0.490 e. The van der Waals surface area contributed by atoms with Crippen molar-refractivity contribution in [1.29, 1.82) is 0 Å². The Hall–Kier alpha value is -0.970. The maximum absolute atomic E-state index is 6.43. The van der Waals surface area contributed by atoms with E-state index >= 15 is 0 Å². The van der Waals surface area contributed by atoms with Crippen molar-refractivity contribution >= 4 is 11.6 Å². The smallest absolute Gasteiger partial charge is 0.180 e. The van der Waals surface area contributed by atoms with Gasteiger partial charge in [-0.2, -0.15) is 0 Å². The van der Waals surface area contributed by atoms with Gasteiger partial charge in [0.2, 0.25) is 0 Å². The van der Waals surface area contributed by atoms with E-state index in [0.29, 0.717) is 23.4 Å². The first kappa shape index (κ1) is 19.4. The van der Waals surface area contributed by atoms with E-state index in [4.69, 9.17) is 21.1 Å². The van der Waals surface area contributed by atoms with Crippen LogP contribution in [0.25, 0.3) is 0 Å². The van der Waals surface area contributed by atoms with Gasteiger partial charge in [0.05, 0.1) is 17.7 Å². The van der Waals surface area contributed by atoms with Crippen LogP contribution in [0, 0.1) is 0 Å². The van der Waals surface area contributed by atoms with Crippen LogP contribution in [0.2, 0.25) is 5.02 Å². The van der Waals surface area contributed by atoms with Crippen molar-refractivity contribution in [3.05, 3.63) is 22.7 Å². The molecule has 1 aromatic carbocycles. The molecule has 1 fully saturated rings. The zero-order chi connectivity index (χ0) is 17.5. The molecule has 1 N–H and O–H groups in total. The lowest BCUT2D eigenvalue weighted by atomic mass is 10.1. The molecule has 1 aliphatic heterocycles. The van der Waals surface area contributed by atoms with E-state index in [2.05, 4.69) is 17.1 Å². The molecule has 0 amide bonds. The molecule has 136 valence electrons. The SMILES string of the molecule is CCOc1cc(CNC[C@H]2CCCN2CC)cc(Cl)c1OC(C)C. The molecule has 1 aromatic rings. The summed E-state index contributed by atoms with van der Waals surface area (Å²) in [5, 5.41) is 4.18. The van der Waals surface area contributed by atoms with Gasteiger partial charge in [-0.25, -0.2) is 0 Å². The van der Waals surface area contributed by atoms with Crippen molar-refractivity contribution in [2.24, 2.45) is 0 Å². The maximum Gasteiger partial charge on any atom is 0.180 e. The quantitative estimate of drug-likeness (QED) is 0.723. The van der Waals surface area contributed by atoms with Gasteiger partial charge in [-0.3, -0.25) is 4.90 Å². The second-order valence-corrected chi connectivity index (χ2v) is 6.97. The van der Waals surface area contributed by atoms with Crippen molar-refractivity contribution in [2.45, 2.75) is 59.2 Å². The molecule has 1 heterocycles. The van der Waals surface area contributed by atoms with Crippen LogP contribution in [0.3, 0.4) is 0 Å². The Bertz CT molecular complexity index is 522. The van der Waals surface area contributed by atoms with Crippen LogP contribution in [-0.2, 0) is 6.54 Å². The second kappa shape index (κ2) is 9.50. The van der Waals surface area contributed by atoms with Crippen LogP contribution in [0.5, 0.6) is 11.5 Å². The van der Waals surface area contributed by atoms with Gasteiger partial charge in [0.25, 0.3) is 0 Å². The van der Waals surface area contributed by atoms with E-state index < -0.39 is 0 Å². The average Bonchev–Trinajstić information content (AvgIpc) is 2.98. The summed E-state index contributed by atoms with van der Waals surface area (Å²) in [6.07, 6.45) is 2.65. The highest BCUT2D eigenvalue weighted by Crippen LogP contribution is 2.37. The first-order chi connectivity index (χ1) is 11.5. The number of nitrogens with zero attached hydrogens (tertiary/aromatic N) is 1. The summed E-state index contributed by atoms with van der Waals surface area (Å²) in [6.45, 7) is 12.9. The third-order valence-corrected chi connectivity index (χ3v) is 4.62. The summed E-state index contributed by atoms with van der Waals surface area (Å²) in [7, 11) is 0. The third-order valence-electron chi connectivity index (χ3n) is 4.34. The normalized spacial score (nSPS) is 18.3. The lowest BCUT2D eigenvalue weighted by Crippen LogP contribution is -2.37. The Balaban J connectivity index is 1.99. The van der Waals surface area contributed by atoms with Crippen molar-refractivity contribution in [1.82, 2.24) is 10.2 Å². The third kappa shape index (κ3) is 5.27. The fourth-order valence-corrected chi connectivity index (χ4v) is 3.54. The Morgan fingerprint density at radius 3 is 2.79 bits per heavy atom. The van der Waals surface area contributed by atoms with E-state index in [-0.39, 0.29) is 6.10 Å². The fourth-order valence-electron chi connectivity index (χ4n) is 3.26. The maximum atomic E-state index is 6.43. The molecule has 5 heteroatoms. The molecule has 0 bridgehead atoms.